The Bertz CT molecular complexity index is 1220. The topological polar surface area (TPSA) is 105 Å². The zero-order valence-electron chi connectivity index (χ0n) is 16.1. The van der Waals surface area contributed by atoms with E-state index in [-0.39, 0.29) is 23.5 Å². The minimum Gasteiger partial charge on any atom is -0.456 e. The molecule has 0 spiro atoms. The fraction of sp³-hybridized carbons (Fsp3) is 0.316. The second-order valence-corrected chi connectivity index (χ2v) is 6.65. The molecule has 2 aromatic heterocycles. The number of ether oxygens (including phenoxy) is 1. The molecule has 0 unspecified atom stereocenters. The summed E-state index contributed by atoms with van der Waals surface area (Å²) in [7, 11) is 2.84. The smallest absolute Gasteiger partial charge is 0.332 e. The van der Waals surface area contributed by atoms with Gasteiger partial charge in [-0.05, 0) is 25.5 Å². The molecule has 0 bridgehead atoms. The van der Waals surface area contributed by atoms with Crippen LogP contribution in [0, 0.1) is 13.8 Å². The molecule has 146 valence electrons. The fourth-order valence-electron chi connectivity index (χ4n) is 2.96. The number of imidazole rings is 1. The summed E-state index contributed by atoms with van der Waals surface area (Å²) in [5.41, 5.74) is 1.46. The van der Waals surface area contributed by atoms with Gasteiger partial charge in [-0.25, -0.2) is 9.78 Å². The van der Waals surface area contributed by atoms with Crippen molar-refractivity contribution in [2.24, 2.45) is 14.1 Å². The van der Waals surface area contributed by atoms with E-state index >= 15 is 0 Å². The first-order valence-electron chi connectivity index (χ1n) is 8.57. The number of aromatic nitrogens is 4. The highest BCUT2D eigenvalue weighted by Crippen LogP contribution is 2.12. The van der Waals surface area contributed by atoms with E-state index in [0.717, 1.165) is 15.7 Å². The van der Waals surface area contributed by atoms with E-state index in [1.54, 1.807) is 6.07 Å². The van der Waals surface area contributed by atoms with Gasteiger partial charge in [0.1, 0.15) is 6.54 Å². The van der Waals surface area contributed by atoms with Crippen molar-refractivity contribution < 1.29 is 14.3 Å². The normalized spacial score (nSPS) is 11.0. The predicted molar refractivity (Wildman–Crippen MR) is 101 cm³/mol. The standard InChI is InChI=1S/C19H20N4O5/c1-11-5-6-12(2)13(7-11)14(24)9-28-15(25)8-23-10-20-17-16(23)18(26)22(4)19(27)21(17)3/h5-7,10H,8-9H2,1-4H3. The van der Waals surface area contributed by atoms with Crippen LogP contribution >= 0.6 is 0 Å². The molecule has 0 atom stereocenters. The molecule has 0 saturated heterocycles. The van der Waals surface area contributed by atoms with E-state index < -0.39 is 23.8 Å². The lowest BCUT2D eigenvalue weighted by atomic mass is 10.0. The first kappa shape index (κ1) is 19.3. The number of rotatable bonds is 5. The SMILES string of the molecule is Cc1ccc(C)c(C(=O)COC(=O)Cn2cnc3c2c(=O)n(C)c(=O)n3C)c1. The molecule has 3 rings (SSSR count). The number of carbonyl (C=O) groups is 2. The Hall–Kier alpha value is -3.49. The third kappa shape index (κ3) is 3.38. The Morgan fingerprint density at radius 2 is 1.82 bits per heavy atom. The van der Waals surface area contributed by atoms with Gasteiger partial charge in [-0.2, -0.15) is 0 Å². The van der Waals surface area contributed by atoms with Gasteiger partial charge < -0.3 is 9.30 Å². The number of benzene rings is 1. The molecule has 9 nitrogen and oxygen atoms in total. The number of hydrogen-bond acceptors (Lipinski definition) is 6. The summed E-state index contributed by atoms with van der Waals surface area (Å²) in [5.74, 6) is -0.989. The van der Waals surface area contributed by atoms with E-state index in [1.807, 2.05) is 26.0 Å². The van der Waals surface area contributed by atoms with Crippen molar-refractivity contribution in [2.45, 2.75) is 20.4 Å². The molecule has 0 radical (unpaired) electrons. The number of Topliss-reactive ketones (excluding diaryl/α,β-unsaturated/α-hetero) is 1. The molecule has 2 heterocycles. The first-order chi connectivity index (χ1) is 13.2. The van der Waals surface area contributed by atoms with Crippen LogP contribution in [0.2, 0.25) is 0 Å². The van der Waals surface area contributed by atoms with Crippen molar-refractivity contribution >= 4 is 22.9 Å². The van der Waals surface area contributed by atoms with E-state index in [0.29, 0.717) is 5.56 Å². The van der Waals surface area contributed by atoms with Crippen molar-refractivity contribution in [3.8, 4) is 0 Å². The lowest BCUT2D eigenvalue weighted by molar-refractivity contribution is -0.143. The number of hydrogen-bond donors (Lipinski definition) is 0. The summed E-state index contributed by atoms with van der Waals surface area (Å²) in [4.78, 5) is 52.9. The molecular formula is C19H20N4O5. The van der Waals surface area contributed by atoms with Crippen molar-refractivity contribution in [2.75, 3.05) is 6.61 Å². The Kier molecular flexibility index (Phi) is 5.00. The quantitative estimate of drug-likeness (QED) is 0.468. The molecular weight excluding hydrogens is 364 g/mol. The molecule has 0 aliphatic carbocycles. The van der Waals surface area contributed by atoms with Crippen LogP contribution in [0.25, 0.3) is 11.2 Å². The van der Waals surface area contributed by atoms with Crippen molar-refractivity contribution in [3.05, 3.63) is 62.1 Å². The fourth-order valence-corrected chi connectivity index (χ4v) is 2.96. The number of esters is 1. The summed E-state index contributed by atoms with van der Waals surface area (Å²) in [6.45, 7) is 2.99. The highest BCUT2D eigenvalue weighted by Gasteiger charge is 2.17. The molecule has 0 N–H and O–H groups in total. The molecule has 0 saturated carbocycles. The summed E-state index contributed by atoms with van der Waals surface area (Å²) in [5, 5.41) is 0. The molecule has 3 aromatic rings. The zero-order chi connectivity index (χ0) is 20.6. The van der Waals surface area contributed by atoms with Gasteiger partial charge in [-0.15, -0.1) is 0 Å². The maximum absolute atomic E-state index is 12.4. The van der Waals surface area contributed by atoms with Crippen molar-refractivity contribution in [1.82, 2.24) is 18.7 Å². The Morgan fingerprint density at radius 3 is 2.54 bits per heavy atom. The van der Waals surface area contributed by atoms with Crippen LogP contribution in [-0.4, -0.2) is 37.0 Å². The maximum Gasteiger partial charge on any atom is 0.332 e. The van der Waals surface area contributed by atoms with Gasteiger partial charge in [0.25, 0.3) is 5.56 Å². The van der Waals surface area contributed by atoms with Gasteiger partial charge in [0, 0.05) is 19.7 Å². The lowest BCUT2D eigenvalue weighted by Crippen LogP contribution is -2.37. The van der Waals surface area contributed by atoms with Gasteiger partial charge in [-0.3, -0.25) is 23.5 Å². The Morgan fingerprint density at radius 1 is 1.11 bits per heavy atom. The highest BCUT2D eigenvalue weighted by atomic mass is 16.5. The predicted octanol–water partition coefficient (Wildman–Crippen LogP) is 0.477. The third-order valence-electron chi connectivity index (χ3n) is 4.57. The van der Waals surface area contributed by atoms with Crippen LogP contribution in [0.1, 0.15) is 21.5 Å². The number of aryl methyl sites for hydroxylation is 3. The van der Waals surface area contributed by atoms with Gasteiger partial charge in [0.2, 0.25) is 5.78 Å². The van der Waals surface area contributed by atoms with Gasteiger partial charge in [0.05, 0.1) is 6.33 Å². The molecule has 0 aliphatic heterocycles. The Balaban J connectivity index is 1.77. The van der Waals surface area contributed by atoms with Crippen LogP contribution in [0.3, 0.4) is 0 Å². The number of fused-ring (bicyclic) bond motifs is 1. The monoisotopic (exact) mass is 384 g/mol. The highest BCUT2D eigenvalue weighted by molar-refractivity contribution is 5.99. The lowest BCUT2D eigenvalue weighted by Gasteiger charge is -2.09. The second-order valence-electron chi connectivity index (χ2n) is 6.65. The van der Waals surface area contributed by atoms with Crippen LogP contribution < -0.4 is 11.2 Å². The summed E-state index contributed by atoms with van der Waals surface area (Å²) >= 11 is 0. The van der Waals surface area contributed by atoms with Gasteiger partial charge in [-0.1, -0.05) is 17.7 Å². The average molecular weight is 384 g/mol. The summed E-state index contributed by atoms with van der Waals surface area (Å²) in [6, 6.07) is 5.48. The third-order valence-corrected chi connectivity index (χ3v) is 4.57. The largest absolute Gasteiger partial charge is 0.456 e. The number of nitrogens with zero attached hydrogens (tertiary/aromatic N) is 4. The summed E-state index contributed by atoms with van der Waals surface area (Å²) < 4.78 is 8.56. The van der Waals surface area contributed by atoms with Gasteiger partial charge in [0.15, 0.2) is 17.8 Å². The van der Waals surface area contributed by atoms with Crippen LogP contribution in [0.5, 0.6) is 0 Å². The van der Waals surface area contributed by atoms with Crippen LogP contribution in [0.4, 0.5) is 0 Å². The maximum atomic E-state index is 12.4. The van der Waals surface area contributed by atoms with Crippen LogP contribution in [-0.2, 0) is 30.2 Å². The molecule has 28 heavy (non-hydrogen) atoms. The van der Waals surface area contributed by atoms with E-state index in [9.17, 15) is 19.2 Å². The summed E-state index contributed by atoms with van der Waals surface area (Å²) in [6.07, 6.45) is 1.29. The molecule has 0 fully saturated rings. The van der Waals surface area contributed by atoms with Crippen molar-refractivity contribution in [3.63, 3.8) is 0 Å². The Labute approximate surface area is 159 Å². The molecule has 1 aromatic carbocycles. The van der Waals surface area contributed by atoms with E-state index in [4.69, 9.17) is 4.74 Å². The second kappa shape index (κ2) is 7.26. The average Bonchev–Trinajstić information content (AvgIpc) is 3.08. The zero-order valence-corrected chi connectivity index (χ0v) is 16.1. The minimum absolute atomic E-state index is 0.113. The van der Waals surface area contributed by atoms with E-state index in [1.165, 1.54) is 29.6 Å². The van der Waals surface area contributed by atoms with Crippen LogP contribution in [0.15, 0.2) is 34.1 Å². The van der Waals surface area contributed by atoms with E-state index in [2.05, 4.69) is 4.98 Å². The number of ketones is 1. The van der Waals surface area contributed by atoms with Crippen molar-refractivity contribution in [1.29, 1.82) is 0 Å². The number of carbonyl (C=O) groups excluding carboxylic acids is 2. The molecule has 9 heteroatoms. The minimum atomic E-state index is -0.686. The molecule has 0 amide bonds. The molecule has 0 aliphatic rings. The first-order valence-corrected chi connectivity index (χ1v) is 8.57. The van der Waals surface area contributed by atoms with Gasteiger partial charge >= 0.3 is 11.7 Å².